The van der Waals surface area contributed by atoms with Gasteiger partial charge in [-0.1, -0.05) is 6.42 Å². The molecule has 27 heavy (non-hydrogen) atoms. The lowest BCUT2D eigenvalue weighted by Gasteiger charge is -2.26. The third-order valence-corrected chi connectivity index (χ3v) is 6.08. The Morgan fingerprint density at radius 3 is 2.70 bits per heavy atom. The lowest BCUT2D eigenvalue weighted by atomic mass is 10.1. The summed E-state index contributed by atoms with van der Waals surface area (Å²) in [5.41, 5.74) is 0.810. The molecule has 1 N–H and O–H groups in total. The summed E-state index contributed by atoms with van der Waals surface area (Å²) in [6.45, 7) is 6.21. The maximum atomic E-state index is 12.5. The third kappa shape index (κ3) is 4.89. The predicted molar refractivity (Wildman–Crippen MR) is 105 cm³/mol. The van der Waals surface area contributed by atoms with Gasteiger partial charge in [-0.2, -0.15) is 5.10 Å². The van der Waals surface area contributed by atoms with Crippen molar-refractivity contribution in [1.29, 1.82) is 0 Å². The van der Waals surface area contributed by atoms with Crippen LogP contribution in [0.3, 0.4) is 0 Å². The fourth-order valence-electron chi connectivity index (χ4n) is 4.15. The Morgan fingerprint density at radius 1 is 1.15 bits per heavy atom. The summed E-state index contributed by atoms with van der Waals surface area (Å²) in [4.78, 5) is 29.3. The van der Waals surface area contributed by atoms with E-state index in [2.05, 4.69) is 20.2 Å². The van der Waals surface area contributed by atoms with Crippen LogP contribution in [0.25, 0.3) is 0 Å². The van der Waals surface area contributed by atoms with Gasteiger partial charge in [-0.05, 0) is 51.1 Å². The summed E-state index contributed by atoms with van der Waals surface area (Å²) >= 11 is 0. The highest BCUT2D eigenvalue weighted by Crippen LogP contribution is 2.30. The van der Waals surface area contributed by atoms with Gasteiger partial charge in [0.15, 0.2) is 0 Å². The van der Waals surface area contributed by atoms with Crippen LogP contribution in [-0.2, 0) is 11.3 Å². The summed E-state index contributed by atoms with van der Waals surface area (Å²) in [7, 11) is 0. The van der Waals surface area contributed by atoms with Crippen LogP contribution in [0.15, 0.2) is 17.1 Å². The molecule has 7 heteroatoms. The summed E-state index contributed by atoms with van der Waals surface area (Å²) < 4.78 is 1.57. The normalized spacial score (nSPS) is 23.6. The average molecular weight is 374 g/mol. The Hall–Kier alpha value is -1.89. The molecule has 148 valence electrons. The van der Waals surface area contributed by atoms with E-state index in [1.54, 1.807) is 16.9 Å². The number of likely N-dealkylation sites (tertiary alicyclic amines) is 1. The summed E-state index contributed by atoms with van der Waals surface area (Å²) in [5.74, 6) is 0.774. The topological polar surface area (TPSA) is 70.5 Å². The highest BCUT2D eigenvalue weighted by atomic mass is 16.2. The van der Waals surface area contributed by atoms with Crippen LogP contribution in [0.1, 0.15) is 38.5 Å². The van der Waals surface area contributed by atoms with Crippen LogP contribution in [0.4, 0.5) is 5.69 Å². The molecular weight excluding hydrogens is 342 g/mol. The maximum absolute atomic E-state index is 12.5. The zero-order valence-electron chi connectivity index (χ0n) is 16.1. The summed E-state index contributed by atoms with van der Waals surface area (Å²) in [5, 5.41) is 7.43. The zero-order chi connectivity index (χ0) is 18.6. The van der Waals surface area contributed by atoms with E-state index in [1.165, 1.54) is 32.1 Å². The average Bonchev–Trinajstić information content (AvgIpc) is 3.36. The van der Waals surface area contributed by atoms with E-state index in [-0.39, 0.29) is 17.4 Å². The first-order chi connectivity index (χ1) is 13.2. The minimum absolute atomic E-state index is 0.000233. The Labute approximate surface area is 160 Å². The number of aromatic nitrogens is 2. The molecule has 2 saturated heterocycles. The van der Waals surface area contributed by atoms with E-state index in [9.17, 15) is 9.59 Å². The molecule has 0 spiro atoms. The van der Waals surface area contributed by atoms with Gasteiger partial charge in [0.05, 0.1) is 17.8 Å². The van der Waals surface area contributed by atoms with Gasteiger partial charge in [0.2, 0.25) is 5.91 Å². The Bertz CT molecular complexity index is 709. The van der Waals surface area contributed by atoms with E-state index >= 15 is 0 Å². The molecular formula is C20H31N5O2. The lowest BCUT2D eigenvalue weighted by Crippen LogP contribution is -2.40. The Morgan fingerprint density at radius 2 is 1.96 bits per heavy atom. The monoisotopic (exact) mass is 373 g/mol. The molecule has 3 fully saturated rings. The number of piperidine rings is 1. The van der Waals surface area contributed by atoms with Gasteiger partial charge in [0.25, 0.3) is 5.56 Å². The first-order valence-electron chi connectivity index (χ1n) is 10.5. The molecule has 1 unspecified atom stereocenters. The SMILES string of the molecule is O=C(NCCN1CCCCC1)C1CCN(c2cnn(CC3CC3)c(=O)c2)C1. The second-order valence-corrected chi connectivity index (χ2v) is 8.30. The van der Waals surface area contributed by atoms with Crippen molar-refractivity contribution in [2.75, 3.05) is 44.2 Å². The molecule has 1 saturated carbocycles. The van der Waals surface area contributed by atoms with Crippen molar-refractivity contribution in [3.63, 3.8) is 0 Å². The molecule has 3 aliphatic rings. The van der Waals surface area contributed by atoms with E-state index in [1.807, 2.05) is 0 Å². The third-order valence-electron chi connectivity index (χ3n) is 6.08. The number of hydrogen-bond acceptors (Lipinski definition) is 5. The Kier molecular flexibility index (Phi) is 5.76. The molecule has 1 amide bonds. The molecule has 1 atom stereocenters. The number of carbonyl (C=O) groups is 1. The van der Waals surface area contributed by atoms with Gasteiger partial charge in [-0.3, -0.25) is 9.59 Å². The summed E-state index contributed by atoms with van der Waals surface area (Å²) in [6.07, 6.45) is 8.91. The molecule has 4 rings (SSSR count). The molecule has 0 bridgehead atoms. The minimum atomic E-state index is -0.0335. The van der Waals surface area contributed by atoms with E-state index < -0.39 is 0 Å². The van der Waals surface area contributed by atoms with Crippen molar-refractivity contribution in [1.82, 2.24) is 20.0 Å². The van der Waals surface area contributed by atoms with Crippen molar-refractivity contribution < 1.29 is 4.79 Å². The van der Waals surface area contributed by atoms with E-state index in [4.69, 9.17) is 0 Å². The number of rotatable bonds is 7. The van der Waals surface area contributed by atoms with Crippen molar-refractivity contribution >= 4 is 11.6 Å². The fraction of sp³-hybridized carbons (Fsp3) is 0.750. The molecule has 7 nitrogen and oxygen atoms in total. The van der Waals surface area contributed by atoms with Gasteiger partial charge >= 0.3 is 0 Å². The van der Waals surface area contributed by atoms with Crippen LogP contribution < -0.4 is 15.8 Å². The van der Waals surface area contributed by atoms with Crippen LogP contribution >= 0.6 is 0 Å². The zero-order valence-corrected chi connectivity index (χ0v) is 16.1. The van der Waals surface area contributed by atoms with Crippen molar-refractivity contribution in [2.24, 2.45) is 11.8 Å². The van der Waals surface area contributed by atoms with Gasteiger partial charge < -0.3 is 15.1 Å². The number of amides is 1. The van der Waals surface area contributed by atoms with Crippen LogP contribution in [0.2, 0.25) is 0 Å². The number of hydrogen-bond donors (Lipinski definition) is 1. The standard InChI is InChI=1S/C20H31N5O2/c26-19-12-18(13-22-25(19)14-16-4-5-16)24-10-6-17(15-24)20(27)21-7-11-23-8-2-1-3-9-23/h12-13,16-17H,1-11,14-15H2,(H,21,27). The molecule has 1 aliphatic carbocycles. The van der Waals surface area contributed by atoms with Gasteiger partial charge in [-0.15, -0.1) is 0 Å². The molecule has 0 aromatic carbocycles. The minimum Gasteiger partial charge on any atom is -0.369 e. The fourth-order valence-corrected chi connectivity index (χ4v) is 4.15. The first-order valence-corrected chi connectivity index (χ1v) is 10.5. The molecule has 2 aliphatic heterocycles. The van der Waals surface area contributed by atoms with E-state index in [0.717, 1.165) is 51.4 Å². The number of carbonyl (C=O) groups excluding carboxylic acids is 1. The highest BCUT2D eigenvalue weighted by molar-refractivity contribution is 5.80. The number of anilines is 1. The molecule has 1 aromatic rings. The molecule has 3 heterocycles. The van der Waals surface area contributed by atoms with Gasteiger partial charge in [-0.25, -0.2) is 4.68 Å². The van der Waals surface area contributed by atoms with E-state index in [0.29, 0.717) is 12.5 Å². The quantitative estimate of drug-likeness (QED) is 0.775. The first kappa shape index (κ1) is 18.5. The van der Waals surface area contributed by atoms with Gasteiger partial charge in [0, 0.05) is 38.8 Å². The van der Waals surface area contributed by atoms with Crippen LogP contribution in [0.5, 0.6) is 0 Å². The predicted octanol–water partition coefficient (Wildman–Crippen LogP) is 1.08. The number of nitrogens with one attached hydrogen (secondary N) is 1. The number of nitrogens with zero attached hydrogens (tertiary/aromatic N) is 4. The van der Waals surface area contributed by atoms with Crippen molar-refractivity contribution in [3.05, 3.63) is 22.6 Å². The largest absolute Gasteiger partial charge is 0.369 e. The maximum Gasteiger partial charge on any atom is 0.268 e. The lowest BCUT2D eigenvalue weighted by molar-refractivity contribution is -0.124. The molecule has 1 aromatic heterocycles. The smallest absolute Gasteiger partial charge is 0.268 e. The van der Waals surface area contributed by atoms with Crippen LogP contribution in [0, 0.1) is 11.8 Å². The summed E-state index contributed by atoms with van der Waals surface area (Å²) in [6, 6.07) is 1.67. The van der Waals surface area contributed by atoms with Gasteiger partial charge in [0.1, 0.15) is 0 Å². The second kappa shape index (κ2) is 8.42. The van der Waals surface area contributed by atoms with Crippen LogP contribution in [-0.4, -0.2) is 59.9 Å². The Balaban J connectivity index is 1.24. The van der Waals surface area contributed by atoms with Crippen molar-refractivity contribution in [2.45, 2.75) is 45.1 Å². The highest BCUT2D eigenvalue weighted by Gasteiger charge is 2.29. The molecule has 0 radical (unpaired) electrons. The second-order valence-electron chi connectivity index (χ2n) is 8.30. The van der Waals surface area contributed by atoms with Crippen molar-refractivity contribution in [3.8, 4) is 0 Å².